The molecule has 4 N–H and O–H groups in total. The first-order valence-corrected chi connectivity index (χ1v) is 11.4. The molecule has 1 aliphatic rings. The van der Waals surface area contributed by atoms with E-state index in [1.165, 1.54) is 7.05 Å². The molecule has 0 spiro atoms. The normalized spacial score (nSPS) is 17.5. The Morgan fingerprint density at radius 1 is 1.26 bits per heavy atom. The van der Waals surface area contributed by atoms with Crippen LogP contribution in [0.25, 0.3) is 0 Å². The van der Waals surface area contributed by atoms with Gasteiger partial charge in [-0.05, 0) is 44.4 Å². The number of nitrogens with zero attached hydrogens (tertiary/aromatic N) is 3. The summed E-state index contributed by atoms with van der Waals surface area (Å²) in [5.41, 5.74) is 1.93. The van der Waals surface area contributed by atoms with Crippen molar-refractivity contribution in [3.8, 4) is 17.9 Å². The zero-order valence-electron chi connectivity index (χ0n) is 20.0. The number of hydrogen-bond acceptors (Lipinski definition) is 8. The lowest BCUT2D eigenvalue weighted by Gasteiger charge is -2.28. The summed E-state index contributed by atoms with van der Waals surface area (Å²) in [6.07, 6.45) is 3.60. The quantitative estimate of drug-likeness (QED) is 0.468. The maximum atomic E-state index is 12.3. The summed E-state index contributed by atoms with van der Waals surface area (Å²) in [5, 5.41) is 20.5. The average molecular weight is 476 g/mol. The Bertz CT molecular complexity index is 1170. The molecular formula is C25H29N7O3. The molecule has 1 fully saturated rings. The van der Waals surface area contributed by atoms with Crippen LogP contribution in [0.4, 0.5) is 22.2 Å². The molecule has 3 atom stereocenters. The molecule has 1 aromatic heterocycles. The molecule has 0 bridgehead atoms. The Morgan fingerprint density at radius 3 is 2.83 bits per heavy atom. The fourth-order valence-corrected chi connectivity index (χ4v) is 3.74. The van der Waals surface area contributed by atoms with Crippen molar-refractivity contribution in [2.45, 2.75) is 44.8 Å². The maximum Gasteiger partial charge on any atom is 0.407 e. The van der Waals surface area contributed by atoms with Crippen molar-refractivity contribution in [1.82, 2.24) is 20.6 Å². The number of rotatable bonds is 6. The molecule has 10 nitrogen and oxygen atoms in total. The van der Waals surface area contributed by atoms with Gasteiger partial charge < -0.3 is 26.0 Å². The highest BCUT2D eigenvalue weighted by molar-refractivity contribution is 5.83. The van der Waals surface area contributed by atoms with Crippen molar-refractivity contribution >= 4 is 29.5 Å². The smallest absolute Gasteiger partial charge is 0.407 e. The van der Waals surface area contributed by atoms with Gasteiger partial charge in [-0.1, -0.05) is 24.3 Å². The van der Waals surface area contributed by atoms with Crippen LogP contribution in [0.2, 0.25) is 0 Å². The SMILES string of the molecule is CNC(=O)O[C@@H](C)C(=O)N[C@H]1CCC[C@@H](C#Cc2cnc(Nc3cccc(C#N)c3)nc2NC)C1. The van der Waals surface area contributed by atoms with Gasteiger partial charge in [0.1, 0.15) is 5.82 Å². The summed E-state index contributed by atoms with van der Waals surface area (Å²) in [6, 6.07) is 9.15. The second-order valence-electron chi connectivity index (χ2n) is 8.16. The first-order valence-electron chi connectivity index (χ1n) is 11.4. The molecule has 1 heterocycles. The summed E-state index contributed by atoms with van der Waals surface area (Å²) in [7, 11) is 3.21. The lowest BCUT2D eigenvalue weighted by Crippen LogP contribution is -2.44. The summed E-state index contributed by atoms with van der Waals surface area (Å²) in [5.74, 6) is 7.25. The number of carbonyl (C=O) groups is 2. The number of anilines is 3. The molecule has 1 aromatic carbocycles. The molecule has 1 aliphatic carbocycles. The van der Waals surface area contributed by atoms with E-state index in [4.69, 9.17) is 10.00 Å². The fourth-order valence-electron chi connectivity index (χ4n) is 3.74. The highest BCUT2D eigenvalue weighted by Gasteiger charge is 2.25. The zero-order valence-corrected chi connectivity index (χ0v) is 20.0. The van der Waals surface area contributed by atoms with Gasteiger partial charge in [0.15, 0.2) is 6.10 Å². The lowest BCUT2D eigenvalue weighted by atomic mass is 9.86. The van der Waals surface area contributed by atoms with Gasteiger partial charge in [-0.25, -0.2) is 9.78 Å². The van der Waals surface area contributed by atoms with E-state index < -0.39 is 12.2 Å². The van der Waals surface area contributed by atoms with Gasteiger partial charge in [0, 0.05) is 31.7 Å². The Kier molecular flexibility index (Phi) is 8.85. The molecule has 2 aromatic rings. The van der Waals surface area contributed by atoms with Gasteiger partial charge in [0.2, 0.25) is 5.95 Å². The van der Waals surface area contributed by atoms with Crippen LogP contribution in [0.5, 0.6) is 0 Å². The van der Waals surface area contributed by atoms with E-state index in [0.29, 0.717) is 22.9 Å². The van der Waals surface area contributed by atoms with Crippen molar-refractivity contribution in [3.05, 3.63) is 41.6 Å². The highest BCUT2D eigenvalue weighted by Crippen LogP contribution is 2.24. The van der Waals surface area contributed by atoms with Crippen LogP contribution in [0.3, 0.4) is 0 Å². The monoisotopic (exact) mass is 475 g/mol. The predicted octanol–water partition coefficient (Wildman–Crippen LogP) is 2.90. The van der Waals surface area contributed by atoms with Crippen molar-refractivity contribution in [3.63, 3.8) is 0 Å². The minimum atomic E-state index is -0.869. The first kappa shape index (κ1) is 25.3. The van der Waals surface area contributed by atoms with E-state index in [9.17, 15) is 9.59 Å². The third-order valence-electron chi connectivity index (χ3n) is 5.56. The third kappa shape index (κ3) is 7.34. The zero-order chi connectivity index (χ0) is 25.2. The molecule has 0 aliphatic heterocycles. The van der Waals surface area contributed by atoms with Crippen LogP contribution >= 0.6 is 0 Å². The molecule has 3 rings (SSSR count). The maximum absolute atomic E-state index is 12.3. The fraction of sp³-hybridized carbons (Fsp3) is 0.400. The van der Waals surface area contributed by atoms with E-state index in [-0.39, 0.29) is 17.9 Å². The largest absolute Gasteiger partial charge is 0.436 e. The van der Waals surface area contributed by atoms with E-state index in [0.717, 1.165) is 31.4 Å². The molecular weight excluding hydrogens is 446 g/mol. The highest BCUT2D eigenvalue weighted by atomic mass is 16.6. The molecule has 0 saturated heterocycles. The number of carbonyl (C=O) groups excluding carboxylic acids is 2. The summed E-state index contributed by atoms with van der Waals surface area (Å²) < 4.78 is 4.99. The van der Waals surface area contributed by atoms with Crippen molar-refractivity contribution in [1.29, 1.82) is 5.26 Å². The van der Waals surface area contributed by atoms with Gasteiger partial charge in [-0.15, -0.1) is 0 Å². The Hall–Kier alpha value is -4.31. The molecule has 1 saturated carbocycles. The number of benzene rings is 1. The van der Waals surface area contributed by atoms with Gasteiger partial charge in [0.05, 0.1) is 23.4 Å². The van der Waals surface area contributed by atoms with Gasteiger partial charge in [0.25, 0.3) is 5.91 Å². The number of ether oxygens (including phenoxy) is 1. The van der Waals surface area contributed by atoms with Crippen molar-refractivity contribution in [2.75, 3.05) is 24.7 Å². The molecule has 35 heavy (non-hydrogen) atoms. The second kappa shape index (κ2) is 12.2. The number of nitriles is 1. The minimum absolute atomic E-state index is 0.0259. The van der Waals surface area contributed by atoms with Crippen molar-refractivity contribution in [2.24, 2.45) is 5.92 Å². The average Bonchev–Trinajstić information content (AvgIpc) is 2.88. The van der Waals surface area contributed by atoms with Crippen LogP contribution < -0.4 is 21.3 Å². The van der Waals surface area contributed by atoms with Gasteiger partial charge >= 0.3 is 6.09 Å². The first-order chi connectivity index (χ1) is 16.9. The van der Waals surface area contributed by atoms with Crippen LogP contribution in [-0.4, -0.2) is 48.2 Å². The van der Waals surface area contributed by atoms with Gasteiger partial charge in [-0.3, -0.25) is 4.79 Å². The molecule has 182 valence electrons. The molecule has 0 radical (unpaired) electrons. The number of amides is 2. The molecule has 10 heteroatoms. The number of hydrogen-bond donors (Lipinski definition) is 4. The van der Waals surface area contributed by atoms with E-state index in [1.807, 2.05) is 6.07 Å². The van der Waals surface area contributed by atoms with E-state index in [2.05, 4.69) is 49.1 Å². The number of aromatic nitrogens is 2. The Labute approximate surface area is 204 Å². The van der Waals surface area contributed by atoms with Crippen molar-refractivity contribution < 1.29 is 14.3 Å². The number of alkyl carbamates (subject to hydrolysis) is 1. The Balaban J connectivity index is 1.63. The number of nitrogens with one attached hydrogen (secondary N) is 4. The van der Waals surface area contributed by atoms with Crippen LogP contribution in [0, 0.1) is 29.1 Å². The summed E-state index contributed by atoms with van der Waals surface area (Å²) in [6.45, 7) is 1.54. The molecule has 0 unspecified atom stereocenters. The molecule has 2 amide bonds. The second-order valence-corrected chi connectivity index (χ2v) is 8.16. The minimum Gasteiger partial charge on any atom is -0.436 e. The predicted molar refractivity (Wildman–Crippen MR) is 132 cm³/mol. The lowest BCUT2D eigenvalue weighted by molar-refractivity contribution is -0.129. The topological polar surface area (TPSA) is 141 Å². The van der Waals surface area contributed by atoms with E-state index >= 15 is 0 Å². The van der Waals surface area contributed by atoms with Gasteiger partial charge in [-0.2, -0.15) is 10.2 Å². The standard InChI is InChI=1S/C25H29N7O3/c1-16(35-25(34)28-3)23(33)30-20-8-4-6-17(12-20)10-11-19-15-29-24(32-22(19)27-2)31-21-9-5-7-18(13-21)14-26/h5,7,9,13,15-17,20H,4,6,8,12H2,1-3H3,(H,28,34)(H,30,33)(H2,27,29,31,32)/t16-,17-,20-/m0/s1. The van der Waals surface area contributed by atoms with Crippen LogP contribution in [0.15, 0.2) is 30.5 Å². The van der Waals surface area contributed by atoms with Crippen LogP contribution in [0.1, 0.15) is 43.7 Å². The summed E-state index contributed by atoms with van der Waals surface area (Å²) in [4.78, 5) is 32.5. The third-order valence-corrected chi connectivity index (χ3v) is 5.56. The van der Waals surface area contributed by atoms with E-state index in [1.54, 1.807) is 38.4 Å². The Morgan fingerprint density at radius 2 is 2.09 bits per heavy atom. The van der Waals surface area contributed by atoms with Crippen LogP contribution in [-0.2, 0) is 9.53 Å². The summed E-state index contributed by atoms with van der Waals surface area (Å²) >= 11 is 0.